The van der Waals surface area contributed by atoms with Gasteiger partial charge in [-0.1, -0.05) is 12.1 Å². The van der Waals surface area contributed by atoms with Crippen LogP contribution in [0.4, 0.5) is 0 Å². The molecule has 1 aliphatic heterocycles. The molecule has 4 heteroatoms. The van der Waals surface area contributed by atoms with E-state index in [-0.39, 0.29) is 18.3 Å². The lowest BCUT2D eigenvalue weighted by Crippen LogP contribution is -2.46. The number of benzene rings is 1. The van der Waals surface area contributed by atoms with Crippen LogP contribution in [0.5, 0.6) is 5.75 Å². The van der Waals surface area contributed by atoms with Crippen molar-refractivity contribution in [3.63, 3.8) is 0 Å². The minimum absolute atomic E-state index is 0.0907. The van der Waals surface area contributed by atoms with Gasteiger partial charge in [0.25, 0.3) is 0 Å². The molecule has 4 nitrogen and oxygen atoms in total. The molecule has 78 valence electrons. The van der Waals surface area contributed by atoms with Crippen LogP contribution in [0.15, 0.2) is 24.3 Å². The Labute approximate surface area is 87.2 Å². The third-order valence-electron chi connectivity index (χ3n) is 2.25. The maximum atomic E-state index is 11.9. The number of Topliss-reactive ketones (excluding diaryl/α,β-unsaturated/α-hetero) is 1. The fraction of sp³-hybridized carbons (Fsp3) is 0.273. The SMILES string of the molecule is CC(=O)NC1COc2ccccc2C1=O. The van der Waals surface area contributed by atoms with Gasteiger partial charge in [0.1, 0.15) is 18.4 Å². The van der Waals surface area contributed by atoms with E-state index in [0.717, 1.165) is 0 Å². The van der Waals surface area contributed by atoms with Crippen LogP contribution in [0.2, 0.25) is 0 Å². The van der Waals surface area contributed by atoms with Crippen molar-refractivity contribution in [3.8, 4) is 5.75 Å². The van der Waals surface area contributed by atoms with E-state index in [2.05, 4.69) is 5.32 Å². The average molecular weight is 205 g/mol. The predicted octanol–water partition coefficient (Wildman–Crippen LogP) is 0.766. The lowest BCUT2D eigenvalue weighted by Gasteiger charge is -2.24. The third kappa shape index (κ3) is 1.83. The lowest BCUT2D eigenvalue weighted by atomic mass is 10.0. The van der Waals surface area contributed by atoms with Crippen LogP contribution in [-0.2, 0) is 4.79 Å². The maximum absolute atomic E-state index is 11.9. The predicted molar refractivity (Wildman–Crippen MR) is 53.9 cm³/mol. The van der Waals surface area contributed by atoms with Gasteiger partial charge in [0, 0.05) is 6.92 Å². The van der Waals surface area contributed by atoms with E-state index in [1.807, 2.05) is 6.07 Å². The van der Waals surface area contributed by atoms with Gasteiger partial charge in [-0.05, 0) is 12.1 Å². The number of para-hydroxylation sites is 1. The van der Waals surface area contributed by atoms with E-state index in [1.165, 1.54) is 6.92 Å². The first-order valence-electron chi connectivity index (χ1n) is 4.71. The topological polar surface area (TPSA) is 55.4 Å². The summed E-state index contributed by atoms with van der Waals surface area (Å²) in [4.78, 5) is 22.7. The van der Waals surface area contributed by atoms with Gasteiger partial charge in [-0.15, -0.1) is 0 Å². The van der Waals surface area contributed by atoms with Gasteiger partial charge in [-0.2, -0.15) is 0 Å². The Kier molecular flexibility index (Phi) is 2.41. The molecule has 15 heavy (non-hydrogen) atoms. The molecule has 1 heterocycles. The van der Waals surface area contributed by atoms with Crippen LogP contribution in [0, 0.1) is 0 Å². The molecule has 0 saturated carbocycles. The highest BCUT2D eigenvalue weighted by atomic mass is 16.5. The van der Waals surface area contributed by atoms with Crippen molar-refractivity contribution in [2.75, 3.05) is 6.61 Å². The summed E-state index contributed by atoms with van der Waals surface area (Å²) in [5.74, 6) is 0.271. The van der Waals surface area contributed by atoms with Crippen molar-refractivity contribution in [2.24, 2.45) is 0 Å². The summed E-state index contributed by atoms with van der Waals surface area (Å²) in [6.45, 7) is 1.59. The summed E-state index contributed by atoms with van der Waals surface area (Å²) < 4.78 is 5.37. The first kappa shape index (κ1) is 9.71. The third-order valence-corrected chi connectivity index (χ3v) is 2.25. The smallest absolute Gasteiger partial charge is 0.217 e. The summed E-state index contributed by atoms with van der Waals surface area (Å²) in [6.07, 6.45) is 0. The molecule has 0 fully saturated rings. The van der Waals surface area contributed by atoms with Crippen LogP contribution in [-0.4, -0.2) is 24.3 Å². The summed E-state index contributed by atoms with van der Waals surface area (Å²) in [7, 11) is 0. The van der Waals surface area contributed by atoms with Gasteiger partial charge in [0.15, 0.2) is 5.78 Å². The highest BCUT2D eigenvalue weighted by Gasteiger charge is 2.28. The molecule has 1 aromatic rings. The van der Waals surface area contributed by atoms with Crippen molar-refractivity contribution in [2.45, 2.75) is 13.0 Å². The quantitative estimate of drug-likeness (QED) is 0.736. The molecule has 0 spiro atoms. The number of carbonyl (C=O) groups is 2. The molecular formula is C11H11NO3. The number of ketones is 1. The largest absolute Gasteiger partial charge is 0.490 e. The Balaban J connectivity index is 2.26. The molecule has 1 aromatic carbocycles. The first-order valence-corrected chi connectivity index (χ1v) is 4.71. The van der Waals surface area contributed by atoms with Gasteiger partial charge >= 0.3 is 0 Å². The minimum atomic E-state index is -0.558. The molecule has 2 rings (SSSR count). The Morgan fingerprint density at radius 3 is 2.93 bits per heavy atom. The summed E-state index contributed by atoms with van der Waals surface area (Å²) in [5.41, 5.74) is 0.530. The molecule has 0 bridgehead atoms. The first-order chi connectivity index (χ1) is 7.18. The van der Waals surface area contributed by atoms with Crippen LogP contribution >= 0.6 is 0 Å². The molecule has 1 N–H and O–H groups in total. The second kappa shape index (κ2) is 3.73. The van der Waals surface area contributed by atoms with E-state index in [9.17, 15) is 9.59 Å². The van der Waals surface area contributed by atoms with E-state index < -0.39 is 6.04 Å². The van der Waals surface area contributed by atoms with Crippen LogP contribution in [0.3, 0.4) is 0 Å². The van der Waals surface area contributed by atoms with Gasteiger partial charge in [-0.25, -0.2) is 0 Å². The lowest BCUT2D eigenvalue weighted by molar-refractivity contribution is -0.119. The number of amides is 1. The molecule has 0 radical (unpaired) electrons. The normalized spacial score (nSPS) is 19.0. The monoisotopic (exact) mass is 205 g/mol. The van der Waals surface area contributed by atoms with Crippen LogP contribution < -0.4 is 10.1 Å². The molecule has 1 amide bonds. The summed E-state index contributed by atoms with van der Waals surface area (Å²) in [6, 6.07) is 6.47. The maximum Gasteiger partial charge on any atom is 0.217 e. The van der Waals surface area contributed by atoms with Gasteiger partial charge in [-0.3, -0.25) is 9.59 Å². The zero-order valence-electron chi connectivity index (χ0n) is 8.32. The van der Waals surface area contributed by atoms with Crippen molar-refractivity contribution in [1.82, 2.24) is 5.32 Å². The van der Waals surface area contributed by atoms with Crippen molar-refractivity contribution in [3.05, 3.63) is 29.8 Å². The van der Waals surface area contributed by atoms with E-state index in [4.69, 9.17) is 4.74 Å². The zero-order chi connectivity index (χ0) is 10.8. The number of hydrogen-bond donors (Lipinski definition) is 1. The van der Waals surface area contributed by atoms with Gasteiger partial charge in [0.05, 0.1) is 5.56 Å². The number of rotatable bonds is 1. The van der Waals surface area contributed by atoms with Crippen molar-refractivity contribution in [1.29, 1.82) is 0 Å². The van der Waals surface area contributed by atoms with Gasteiger partial charge in [0.2, 0.25) is 5.91 Å². The van der Waals surface area contributed by atoms with Crippen LogP contribution in [0.25, 0.3) is 0 Å². The zero-order valence-corrected chi connectivity index (χ0v) is 8.32. The summed E-state index contributed by atoms with van der Waals surface area (Å²) in [5, 5.41) is 2.56. The van der Waals surface area contributed by atoms with Crippen molar-refractivity contribution >= 4 is 11.7 Å². The number of hydrogen-bond acceptors (Lipinski definition) is 3. The molecule has 1 atom stereocenters. The highest BCUT2D eigenvalue weighted by molar-refractivity contribution is 6.04. The molecule has 1 unspecified atom stereocenters. The number of nitrogens with one attached hydrogen (secondary N) is 1. The Morgan fingerprint density at radius 1 is 1.47 bits per heavy atom. The highest BCUT2D eigenvalue weighted by Crippen LogP contribution is 2.23. The second-order valence-corrected chi connectivity index (χ2v) is 3.42. The van der Waals surface area contributed by atoms with E-state index in [1.54, 1.807) is 18.2 Å². The molecular weight excluding hydrogens is 194 g/mol. The Bertz CT molecular complexity index is 414. The number of carbonyl (C=O) groups excluding carboxylic acids is 2. The fourth-order valence-corrected chi connectivity index (χ4v) is 1.59. The molecule has 0 aliphatic carbocycles. The standard InChI is InChI=1S/C11H11NO3/c1-7(13)12-9-6-15-10-5-3-2-4-8(10)11(9)14/h2-5,9H,6H2,1H3,(H,12,13). The fourth-order valence-electron chi connectivity index (χ4n) is 1.59. The van der Waals surface area contributed by atoms with E-state index in [0.29, 0.717) is 11.3 Å². The van der Waals surface area contributed by atoms with Crippen molar-refractivity contribution < 1.29 is 14.3 Å². The molecule has 0 saturated heterocycles. The average Bonchev–Trinajstić information content (AvgIpc) is 2.22. The molecule has 0 aromatic heterocycles. The number of fused-ring (bicyclic) bond motifs is 1. The van der Waals surface area contributed by atoms with Gasteiger partial charge < -0.3 is 10.1 Å². The van der Waals surface area contributed by atoms with E-state index >= 15 is 0 Å². The Morgan fingerprint density at radius 2 is 2.20 bits per heavy atom. The second-order valence-electron chi connectivity index (χ2n) is 3.42. The van der Waals surface area contributed by atoms with Crippen LogP contribution in [0.1, 0.15) is 17.3 Å². The number of ether oxygens (including phenoxy) is 1. The Hall–Kier alpha value is -1.84. The summed E-state index contributed by atoms with van der Waals surface area (Å²) >= 11 is 0. The molecule has 1 aliphatic rings. The minimum Gasteiger partial charge on any atom is -0.490 e.